The van der Waals surface area contributed by atoms with Crippen LogP contribution in [-0.4, -0.2) is 15.3 Å². The summed E-state index contributed by atoms with van der Waals surface area (Å²) in [5.41, 5.74) is 11.6. The Kier molecular flexibility index (Phi) is 5.02. The minimum atomic E-state index is 0.275. The molecule has 2 aromatic carbocycles. The van der Waals surface area contributed by atoms with Crippen LogP contribution >= 0.6 is 27.9 Å². The maximum atomic E-state index is 5.73. The van der Waals surface area contributed by atoms with Crippen LogP contribution in [0, 0.1) is 6.92 Å². The lowest BCUT2D eigenvalue weighted by atomic mass is 10.0. The molecule has 2 heterocycles. The number of aromatic nitrogens is 1. The van der Waals surface area contributed by atoms with E-state index in [1.165, 1.54) is 26.8 Å². The summed E-state index contributed by atoms with van der Waals surface area (Å²) in [4.78, 5) is 6.29. The summed E-state index contributed by atoms with van der Waals surface area (Å²) in [7, 11) is 0. The molecular formula is C21H20BrN3S. The van der Waals surface area contributed by atoms with E-state index in [4.69, 9.17) is 10.7 Å². The summed E-state index contributed by atoms with van der Waals surface area (Å²) in [5, 5.41) is 1.19. The number of hydrogen-bond acceptors (Lipinski definition) is 3. The zero-order valence-corrected chi connectivity index (χ0v) is 16.9. The first-order valence-corrected chi connectivity index (χ1v) is 10.3. The minimum Gasteiger partial charge on any atom is -0.326 e. The minimum absolute atomic E-state index is 0.275. The maximum absolute atomic E-state index is 5.73. The fourth-order valence-electron chi connectivity index (χ4n) is 3.05. The van der Waals surface area contributed by atoms with Crippen LogP contribution < -0.4 is 16.4 Å². The van der Waals surface area contributed by atoms with Crippen molar-refractivity contribution in [2.75, 3.05) is 6.54 Å². The van der Waals surface area contributed by atoms with Gasteiger partial charge in [-0.05, 0) is 42.1 Å². The summed E-state index contributed by atoms with van der Waals surface area (Å²) >= 11 is 5.39. The number of alkyl halides is 1. The van der Waals surface area contributed by atoms with Crippen molar-refractivity contribution in [3.8, 4) is 11.1 Å². The fraction of sp³-hybridized carbons (Fsp3) is 0.190. The molecule has 0 bridgehead atoms. The monoisotopic (exact) mass is 425 g/mol. The highest BCUT2D eigenvalue weighted by Crippen LogP contribution is 2.23. The molecule has 2 N–H and O–H groups in total. The Bertz CT molecular complexity index is 1040. The van der Waals surface area contributed by atoms with E-state index in [2.05, 4.69) is 87.6 Å². The average Bonchev–Trinajstić information content (AvgIpc) is 3.01. The van der Waals surface area contributed by atoms with Gasteiger partial charge in [0, 0.05) is 28.4 Å². The van der Waals surface area contributed by atoms with Crippen LogP contribution in [-0.2, 0) is 6.54 Å². The van der Waals surface area contributed by atoms with E-state index < -0.39 is 0 Å². The van der Waals surface area contributed by atoms with E-state index in [9.17, 15) is 0 Å². The third-order valence-electron chi connectivity index (χ3n) is 4.47. The highest BCUT2D eigenvalue weighted by atomic mass is 79.9. The van der Waals surface area contributed by atoms with Crippen molar-refractivity contribution in [1.82, 2.24) is 3.97 Å². The molecule has 5 heteroatoms. The van der Waals surface area contributed by atoms with Gasteiger partial charge >= 0.3 is 0 Å². The summed E-state index contributed by atoms with van der Waals surface area (Å²) in [6.45, 7) is 3.43. The van der Waals surface area contributed by atoms with Gasteiger partial charge in [-0.25, -0.2) is 0 Å². The Labute approximate surface area is 165 Å². The second-order valence-corrected chi connectivity index (χ2v) is 8.66. The Balaban J connectivity index is 1.81. The fourth-order valence-corrected chi connectivity index (χ4v) is 4.34. The first-order valence-electron chi connectivity index (χ1n) is 8.60. The molecule has 0 fully saturated rings. The molecule has 1 aliphatic rings. The topological polar surface area (TPSA) is 43.3 Å². The zero-order valence-electron chi connectivity index (χ0n) is 14.5. The molecule has 0 aliphatic carbocycles. The number of hydrogen-bond donors (Lipinski definition) is 1. The lowest BCUT2D eigenvalue weighted by Crippen LogP contribution is -2.33. The highest BCUT2D eigenvalue weighted by molar-refractivity contribution is 9.09. The zero-order chi connectivity index (χ0) is 18.1. The summed E-state index contributed by atoms with van der Waals surface area (Å²) in [5.74, 6) is 0. The van der Waals surface area contributed by atoms with Gasteiger partial charge in [-0.1, -0.05) is 64.0 Å². The first-order chi connectivity index (χ1) is 12.6. The van der Waals surface area contributed by atoms with Crippen LogP contribution in [0.2, 0.25) is 0 Å². The number of rotatable bonds is 4. The normalized spacial score (nSPS) is 15.9. The van der Waals surface area contributed by atoms with Crippen LogP contribution in [0.15, 0.2) is 64.6 Å². The molecule has 1 unspecified atom stereocenters. The molecule has 26 heavy (non-hydrogen) atoms. The van der Waals surface area contributed by atoms with Crippen LogP contribution in [0.3, 0.4) is 0 Å². The lowest BCUT2D eigenvalue weighted by Gasteiger charge is -2.07. The van der Waals surface area contributed by atoms with Gasteiger partial charge in [-0.3, -0.25) is 8.96 Å². The van der Waals surface area contributed by atoms with Gasteiger partial charge in [0.1, 0.15) is 5.49 Å². The predicted octanol–water partition coefficient (Wildman–Crippen LogP) is 3.65. The number of nitrogens with zero attached hydrogens (tertiary/aromatic N) is 2. The molecule has 0 spiro atoms. The summed E-state index contributed by atoms with van der Waals surface area (Å²) in [6, 6.07) is 17.1. The third kappa shape index (κ3) is 3.52. The van der Waals surface area contributed by atoms with Crippen LogP contribution in [0.5, 0.6) is 0 Å². The van der Waals surface area contributed by atoms with Crippen LogP contribution in [0.25, 0.3) is 17.2 Å². The Hall–Kier alpha value is -1.82. The van der Waals surface area contributed by atoms with Gasteiger partial charge in [0.05, 0.1) is 11.4 Å². The number of fused-ring (bicyclic) bond motifs is 1. The van der Waals surface area contributed by atoms with Gasteiger partial charge in [0.2, 0.25) is 0 Å². The van der Waals surface area contributed by atoms with Crippen molar-refractivity contribution in [3.63, 3.8) is 0 Å². The summed E-state index contributed by atoms with van der Waals surface area (Å²) in [6.07, 6.45) is 4.46. The molecule has 132 valence electrons. The third-order valence-corrected chi connectivity index (χ3v) is 5.99. The van der Waals surface area contributed by atoms with E-state index in [0.29, 0.717) is 6.54 Å². The molecule has 0 radical (unpaired) electrons. The van der Waals surface area contributed by atoms with Crippen LogP contribution in [0.1, 0.15) is 11.1 Å². The van der Waals surface area contributed by atoms with Crippen LogP contribution in [0.4, 0.5) is 0 Å². The van der Waals surface area contributed by atoms with Gasteiger partial charge in [-0.2, -0.15) is 0 Å². The molecule has 0 saturated carbocycles. The van der Waals surface area contributed by atoms with E-state index in [1.54, 1.807) is 11.9 Å². The van der Waals surface area contributed by atoms with Gasteiger partial charge in [0.25, 0.3) is 0 Å². The lowest BCUT2D eigenvalue weighted by molar-refractivity contribution is 0.937. The SMILES string of the molecule is Cc1ccc(Sn2cc(-c3ccc(CN)cc3)c3c2=NCC(Br)C=3)cc1. The molecule has 0 saturated heterocycles. The number of aryl methyl sites for hydroxylation is 1. The molecule has 3 aromatic rings. The molecule has 1 aromatic heterocycles. The average molecular weight is 426 g/mol. The Morgan fingerprint density at radius 2 is 1.88 bits per heavy atom. The standard InChI is InChI=1S/C21H20BrN3S/c1-14-2-8-18(9-3-14)26-25-13-20(16-6-4-15(11-23)5-7-16)19-10-17(22)12-24-21(19)25/h2-10,13,17H,11-12,23H2,1H3. The van der Waals surface area contributed by atoms with E-state index >= 15 is 0 Å². The highest BCUT2D eigenvalue weighted by Gasteiger charge is 2.14. The number of halogens is 1. The predicted molar refractivity (Wildman–Crippen MR) is 113 cm³/mol. The Morgan fingerprint density at radius 3 is 2.58 bits per heavy atom. The van der Waals surface area contributed by atoms with Crippen molar-refractivity contribution in [3.05, 3.63) is 76.6 Å². The molecular weight excluding hydrogens is 406 g/mol. The van der Waals surface area contributed by atoms with Crippen molar-refractivity contribution in [2.45, 2.75) is 23.2 Å². The van der Waals surface area contributed by atoms with E-state index in [0.717, 1.165) is 17.6 Å². The van der Waals surface area contributed by atoms with Gasteiger partial charge < -0.3 is 5.73 Å². The quantitative estimate of drug-likeness (QED) is 0.648. The van der Waals surface area contributed by atoms with Crippen molar-refractivity contribution >= 4 is 34.0 Å². The van der Waals surface area contributed by atoms with Gasteiger partial charge in [0.15, 0.2) is 0 Å². The smallest absolute Gasteiger partial charge is 0.145 e. The molecule has 3 nitrogen and oxygen atoms in total. The second kappa shape index (κ2) is 7.43. The van der Waals surface area contributed by atoms with E-state index in [1.807, 2.05) is 0 Å². The van der Waals surface area contributed by atoms with E-state index in [-0.39, 0.29) is 4.83 Å². The largest absolute Gasteiger partial charge is 0.326 e. The Morgan fingerprint density at radius 1 is 1.15 bits per heavy atom. The molecule has 4 rings (SSSR count). The molecule has 1 aliphatic heterocycles. The summed E-state index contributed by atoms with van der Waals surface area (Å²) < 4.78 is 2.18. The number of nitrogens with two attached hydrogens (primary N) is 1. The van der Waals surface area contributed by atoms with Gasteiger partial charge in [-0.15, -0.1) is 0 Å². The maximum Gasteiger partial charge on any atom is 0.145 e. The molecule has 1 atom stereocenters. The van der Waals surface area contributed by atoms with Crippen molar-refractivity contribution in [2.24, 2.45) is 10.7 Å². The second-order valence-electron chi connectivity index (χ2n) is 6.43. The van der Waals surface area contributed by atoms with Crippen molar-refractivity contribution < 1.29 is 0 Å². The molecule has 0 amide bonds. The number of benzene rings is 2. The van der Waals surface area contributed by atoms with Crippen molar-refractivity contribution in [1.29, 1.82) is 0 Å². The first kappa shape index (κ1) is 17.6.